The van der Waals surface area contributed by atoms with Crippen molar-refractivity contribution in [2.45, 2.75) is 31.3 Å². The summed E-state index contributed by atoms with van der Waals surface area (Å²) in [5.74, 6) is 0.732. The van der Waals surface area contributed by atoms with Crippen molar-refractivity contribution in [1.82, 2.24) is 10.2 Å². The number of anilines is 1. The van der Waals surface area contributed by atoms with Gasteiger partial charge in [0.05, 0.1) is 5.71 Å². The van der Waals surface area contributed by atoms with Crippen molar-refractivity contribution in [3.63, 3.8) is 0 Å². The van der Waals surface area contributed by atoms with E-state index in [1.54, 1.807) is 0 Å². The van der Waals surface area contributed by atoms with Crippen LogP contribution < -0.4 is 5.32 Å². The summed E-state index contributed by atoms with van der Waals surface area (Å²) in [5.41, 5.74) is 3.66. The summed E-state index contributed by atoms with van der Waals surface area (Å²) in [7, 11) is 0. The van der Waals surface area contributed by atoms with Gasteiger partial charge in [-0.25, -0.2) is 0 Å². The molecular formula is C23H22N4O3. The van der Waals surface area contributed by atoms with Crippen LogP contribution in [-0.2, 0) is 16.0 Å². The number of hydrogen-bond donors (Lipinski definition) is 1. The Morgan fingerprint density at radius 2 is 1.70 bits per heavy atom. The van der Waals surface area contributed by atoms with Gasteiger partial charge in [-0.15, -0.1) is 5.10 Å². The highest BCUT2D eigenvalue weighted by atomic mass is 16.5. The summed E-state index contributed by atoms with van der Waals surface area (Å²) in [6.45, 7) is 1.39. The molecule has 0 amide bonds. The minimum absolute atomic E-state index is 0.0424. The van der Waals surface area contributed by atoms with Crippen LogP contribution in [0.3, 0.4) is 0 Å². The zero-order chi connectivity index (χ0) is 20.3. The number of nitrogens with zero attached hydrogens (tertiary/aromatic N) is 3. The first kappa shape index (κ1) is 18.7. The molecule has 5 rings (SSSR count). The number of fused-ring (bicyclic) bond motifs is 1. The second-order valence-corrected chi connectivity index (χ2v) is 7.52. The summed E-state index contributed by atoms with van der Waals surface area (Å²) >= 11 is 0. The van der Waals surface area contributed by atoms with Gasteiger partial charge in [-0.05, 0) is 18.4 Å². The predicted molar refractivity (Wildman–Crippen MR) is 112 cm³/mol. The first-order valence-corrected chi connectivity index (χ1v) is 10.2. The van der Waals surface area contributed by atoms with Crippen molar-refractivity contribution in [2.24, 2.45) is 4.99 Å². The molecule has 1 saturated heterocycles. The fourth-order valence-corrected chi connectivity index (χ4v) is 3.92. The van der Waals surface area contributed by atoms with E-state index in [-0.39, 0.29) is 24.1 Å². The van der Waals surface area contributed by atoms with Crippen LogP contribution in [0.25, 0.3) is 0 Å². The van der Waals surface area contributed by atoms with Crippen molar-refractivity contribution in [1.29, 1.82) is 0 Å². The van der Waals surface area contributed by atoms with Crippen LogP contribution in [0.4, 0.5) is 6.01 Å². The molecule has 3 heterocycles. The topological polar surface area (TPSA) is 89.6 Å². The lowest BCUT2D eigenvalue weighted by molar-refractivity contribution is -0.119. The number of benzene rings is 2. The molecule has 0 bridgehead atoms. The normalized spacial score (nSPS) is 19.7. The molecule has 2 aliphatic heterocycles. The number of ether oxygens (including phenoxy) is 1. The second-order valence-electron chi connectivity index (χ2n) is 7.52. The maximum absolute atomic E-state index is 13.0. The average molecular weight is 402 g/mol. The Labute approximate surface area is 174 Å². The molecule has 1 fully saturated rings. The van der Waals surface area contributed by atoms with Gasteiger partial charge in [-0.2, -0.15) is 0 Å². The molecule has 0 spiro atoms. The third-order valence-electron chi connectivity index (χ3n) is 5.52. The van der Waals surface area contributed by atoms with Gasteiger partial charge in [0.2, 0.25) is 5.89 Å². The zero-order valence-electron chi connectivity index (χ0n) is 16.5. The van der Waals surface area contributed by atoms with Gasteiger partial charge in [0.25, 0.3) is 0 Å². The Balaban J connectivity index is 1.46. The van der Waals surface area contributed by atoms with Gasteiger partial charge in [0, 0.05) is 36.7 Å². The molecular weight excluding hydrogens is 380 g/mol. The van der Waals surface area contributed by atoms with Gasteiger partial charge in [-0.1, -0.05) is 59.7 Å². The smallest absolute Gasteiger partial charge is 0.317 e. The van der Waals surface area contributed by atoms with E-state index in [0.717, 1.165) is 35.2 Å². The second kappa shape index (κ2) is 8.20. The number of Topliss-reactive ketones (excluding diaryl/α,β-unsaturated/α-hetero) is 1. The number of nitrogens with one attached hydrogen (secondary N) is 1. The molecule has 3 aromatic rings. The predicted octanol–water partition coefficient (Wildman–Crippen LogP) is 3.36. The van der Waals surface area contributed by atoms with Gasteiger partial charge < -0.3 is 14.5 Å². The van der Waals surface area contributed by atoms with Crippen LogP contribution in [-0.4, -0.2) is 41.1 Å². The molecule has 1 atom stereocenters. The Hall–Kier alpha value is -3.32. The van der Waals surface area contributed by atoms with E-state index in [2.05, 4.69) is 15.5 Å². The van der Waals surface area contributed by atoms with E-state index in [0.29, 0.717) is 19.1 Å². The first-order valence-electron chi connectivity index (χ1n) is 10.2. The number of aliphatic imine (C=N–C) groups is 1. The average Bonchev–Trinajstić information content (AvgIpc) is 3.21. The lowest BCUT2D eigenvalue weighted by Crippen LogP contribution is -2.29. The van der Waals surface area contributed by atoms with E-state index in [1.165, 1.54) is 0 Å². The number of ketones is 1. The number of hydrogen-bond acceptors (Lipinski definition) is 7. The summed E-state index contributed by atoms with van der Waals surface area (Å²) in [4.78, 5) is 17.8. The van der Waals surface area contributed by atoms with Crippen LogP contribution in [0, 0.1) is 0 Å². The molecule has 152 valence electrons. The minimum atomic E-state index is -0.796. The molecule has 7 heteroatoms. The standard InChI is InChI=1S/C23H22N4O3/c28-19-14-17-8-4-5-9-18(17)20(15-6-2-1-3-7-15)24-21(19)25-23-27-26-22(30-23)16-10-12-29-13-11-16/h1-9,16,21H,10-14H2,(H,25,27)/t21-/m1/s1. The SMILES string of the molecule is O=C1Cc2ccccc2C(c2ccccc2)=N[C@@H]1Nc1nnc(C2CCOCC2)o1. The van der Waals surface area contributed by atoms with Crippen molar-refractivity contribution in [2.75, 3.05) is 18.5 Å². The summed E-state index contributed by atoms with van der Waals surface area (Å²) in [5, 5.41) is 11.3. The van der Waals surface area contributed by atoms with Crippen molar-refractivity contribution in [3.8, 4) is 0 Å². The van der Waals surface area contributed by atoms with E-state index in [4.69, 9.17) is 14.1 Å². The first-order chi connectivity index (χ1) is 14.8. The van der Waals surface area contributed by atoms with Crippen LogP contribution in [0.5, 0.6) is 0 Å². The van der Waals surface area contributed by atoms with E-state index in [1.807, 2.05) is 54.6 Å². The van der Waals surface area contributed by atoms with Crippen LogP contribution in [0.2, 0.25) is 0 Å². The molecule has 7 nitrogen and oxygen atoms in total. The van der Waals surface area contributed by atoms with Gasteiger partial charge in [0.15, 0.2) is 11.9 Å². The maximum Gasteiger partial charge on any atom is 0.317 e. The number of aromatic nitrogens is 2. The number of carbonyl (C=O) groups is 1. The van der Waals surface area contributed by atoms with Crippen molar-refractivity contribution in [3.05, 3.63) is 77.2 Å². The van der Waals surface area contributed by atoms with Crippen LogP contribution >= 0.6 is 0 Å². The Morgan fingerprint density at radius 3 is 2.53 bits per heavy atom. The van der Waals surface area contributed by atoms with E-state index in [9.17, 15) is 4.79 Å². The fraction of sp³-hybridized carbons (Fsp3) is 0.304. The number of carbonyl (C=O) groups excluding carboxylic acids is 1. The third kappa shape index (κ3) is 3.76. The molecule has 2 aliphatic rings. The maximum atomic E-state index is 13.0. The largest absolute Gasteiger partial charge is 0.408 e. The summed E-state index contributed by atoms with van der Waals surface area (Å²) < 4.78 is 11.2. The Kier molecular flexibility index (Phi) is 5.11. The molecule has 0 unspecified atom stereocenters. The fourth-order valence-electron chi connectivity index (χ4n) is 3.92. The molecule has 30 heavy (non-hydrogen) atoms. The highest BCUT2D eigenvalue weighted by Crippen LogP contribution is 2.27. The van der Waals surface area contributed by atoms with Gasteiger partial charge in [-0.3, -0.25) is 9.79 Å². The number of rotatable bonds is 4. The molecule has 1 aromatic heterocycles. The van der Waals surface area contributed by atoms with Crippen molar-refractivity contribution >= 4 is 17.5 Å². The highest BCUT2D eigenvalue weighted by molar-refractivity contribution is 6.16. The highest BCUT2D eigenvalue weighted by Gasteiger charge is 2.28. The van der Waals surface area contributed by atoms with Crippen LogP contribution in [0.15, 0.2) is 64.0 Å². The quantitative estimate of drug-likeness (QED) is 0.720. The Bertz CT molecular complexity index is 1070. The Morgan fingerprint density at radius 1 is 0.933 bits per heavy atom. The minimum Gasteiger partial charge on any atom is -0.408 e. The molecule has 2 aromatic carbocycles. The lowest BCUT2D eigenvalue weighted by Gasteiger charge is -2.18. The summed E-state index contributed by atoms with van der Waals surface area (Å²) in [6, 6.07) is 18.0. The molecule has 0 saturated carbocycles. The van der Waals surface area contributed by atoms with E-state index < -0.39 is 6.17 Å². The summed E-state index contributed by atoms with van der Waals surface area (Å²) in [6.07, 6.45) is 1.20. The van der Waals surface area contributed by atoms with Crippen LogP contribution in [0.1, 0.15) is 41.3 Å². The third-order valence-corrected chi connectivity index (χ3v) is 5.52. The zero-order valence-corrected chi connectivity index (χ0v) is 16.5. The lowest BCUT2D eigenvalue weighted by atomic mass is 9.96. The molecule has 0 aliphatic carbocycles. The van der Waals surface area contributed by atoms with Gasteiger partial charge >= 0.3 is 6.01 Å². The van der Waals surface area contributed by atoms with E-state index >= 15 is 0 Å². The monoisotopic (exact) mass is 402 g/mol. The molecule has 1 N–H and O–H groups in total. The van der Waals surface area contributed by atoms with Gasteiger partial charge in [0.1, 0.15) is 0 Å². The van der Waals surface area contributed by atoms with Crippen molar-refractivity contribution < 1.29 is 13.9 Å². The molecule has 0 radical (unpaired) electrons.